The Morgan fingerprint density at radius 3 is 2.96 bits per heavy atom. The van der Waals surface area contributed by atoms with E-state index in [4.69, 9.17) is 0 Å². The Labute approximate surface area is 167 Å². The van der Waals surface area contributed by atoms with Crippen LogP contribution in [-0.2, 0) is 19.5 Å². The SMILES string of the molecule is CC(C)N(Cc1ccc(-c2cccc(F)c2)s1)C(=O)c1n[nH]c2c1CNCC2. The van der Waals surface area contributed by atoms with Crippen LogP contribution < -0.4 is 5.32 Å². The molecule has 0 atom stereocenters. The van der Waals surface area contributed by atoms with Crippen molar-refractivity contribution in [3.8, 4) is 10.4 Å². The van der Waals surface area contributed by atoms with Crippen LogP contribution in [0, 0.1) is 5.82 Å². The van der Waals surface area contributed by atoms with E-state index in [1.807, 2.05) is 36.9 Å². The highest BCUT2D eigenvalue weighted by atomic mass is 32.1. The highest BCUT2D eigenvalue weighted by molar-refractivity contribution is 7.15. The highest BCUT2D eigenvalue weighted by Crippen LogP contribution is 2.30. The van der Waals surface area contributed by atoms with Crippen LogP contribution >= 0.6 is 11.3 Å². The lowest BCUT2D eigenvalue weighted by Gasteiger charge is -2.26. The van der Waals surface area contributed by atoms with Gasteiger partial charge in [-0.3, -0.25) is 9.89 Å². The molecular formula is C21H23FN4OS. The number of amides is 1. The van der Waals surface area contributed by atoms with E-state index in [2.05, 4.69) is 15.5 Å². The highest BCUT2D eigenvalue weighted by Gasteiger charge is 2.27. The minimum atomic E-state index is -0.247. The maximum atomic E-state index is 13.5. The predicted molar refractivity (Wildman–Crippen MR) is 109 cm³/mol. The summed E-state index contributed by atoms with van der Waals surface area (Å²) in [5.41, 5.74) is 3.40. The lowest BCUT2D eigenvalue weighted by Crippen LogP contribution is -2.37. The summed E-state index contributed by atoms with van der Waals surface area (Å²) in [5, 5.41) is 10.6. The second kappa shape index (κ2) is 7.85. The number of hydrogen-bond donors (Lipinski definition) is 2. The van der Waals surface area contributed by atoms with Crippen molar-refractivity contribution in [2.75, 3.05) is 6.54 Å². The second-order valence-corrected chi connectivity index (χ2v) is 8.43. The van der Waals surface area contributed by atoms with E-state index in [1.165, 1.54) is 12.1 Å². The fourth-order valence-corrected chi connectivity index (χ4v) is 4.46. The molecule has 3 aromatic rings. The number of carbonyl (C=O) groups excluding carboxylic acids is 1. The van der Waals surface area contributed by atoms with Gasteiger partial charge in [-0.2, -0.15) is 5.10 Å². The summed E-state index contributed by atoms with van der Waals surface area (Å²) in [6, 6.07) is 10.6. The lowest BCUT2D eigenvalue weighted by atomic mass is 10.1. The largest absolute Gasteiger partial charge is 0.330 e. The summed E-state index contributed by atoms with van der Waals surface area (Å²) in [4.78, 5) is 17.1. The topological polar surface area (TPSA) is 61.0 Å². The van der Waals surface area contributed by atoms with Crippen LogP contribution in [0.2, 0.25) is 0 Å². The Morgan fingerprint density at radius 1 is 1.32 bits per heavy atom. The molecule has 146 valence electrons. The Balaban J connectivity index is 1.56. The molecule has 0 bridgehead atoms. The molecule has 1 aliphatic heterocycles. The lowest BCUT2D eigenvalue weighted by molar-refractivity contribution is 0.0685. The number of nitrogens with zero attached hydrogens (tertiary/aromatic N) is 2. The van der Waals surface area contributed by atoms with Gasteiger partial charge in [0.15, 0.2) is 5.69 Å². The van der Waals surface area contributed by atoms with Crippen LogP contribution in [0.1, 0.15) is 40.5 Å². The smallest absolute Gasteiger partial charge is 0.275 e. The zero-order chi connectivity index (χ0) is 19.7. The fourth-order valence-electron chi connectivity index (χ4n) is 3.45. The number of thiophene rings is 1. The van der Waals surface area contributed by atoms with E-state index >= 15 is 0 Å². The molecule has 0 saturated heterocycles. The van der Waals surface area contributed by atoms with Gasteiger partial charge in [0.2, 0.25) is 0 Å². The summed E-state index contributed by atoms with van der Waals surface area (Å²) in [5.74, 6) is -0.305. The molecular weight excluding hydrogens is 375 g/mol. The number of H-pyrrole nitrogens is 1. The summed E-state index contributed by atoms with van der Waals surface area (Å²) in [7, 11) is 0. The average Bonchev–Trinajstić information content (AvgIpc) is 3.32. The van der Waals surface area contributed by atoms with Gasteiger partial charge in [0.05, 0.1) is 6.54 Å². The van der Waals surface area contributed by atoms with E-state index < -0.39 is 0 Å². The third-order valence-electron chi connectivity index (χ3n) is 4.99. The van der Waals surface area contributed by atoms with Gasteiger partial charge in [-0.05, 0) is 43.7 Å². The number of aromatic nitrogens is 2. The molecule has 1 amide bonds. The molecule has 1 aromatic carbocycles. The molecule has 0 saturated carbocycles. The van der Waals surface area contributed by atoms with Gasteiger partial charge < -0.3 is 10.2 Å². The molecule has 3 heterocycles. The van der Waals surface area contributed by atoms with Crippen LogP contribution in [0.3, 0.4) is 0 Å². The molecule has 2 N–H and O–H groups in total. The Morgan fingerprint density at radius 2 is 2.18 bits per heavy atom. The van der Waals surface area contributed by atoms with E-state index in [0.717, 1.165) is 39.5 Å². The van der Waals surface area contributed by atoms with E-state index in [1.54, 1.807) is 17.4 Å². The molecule has 7 heteroatoms. The van der Waals surface area contributed by atoms with Crippen molar-refractivity contribution in [3.05, 3.63) is 64.0 Å². The maximum absolute atomic E-state index is 13.5. The third-order valence-corrected chi connectivity index (χ3v) is 6.11. The number of aromatic amines is 1. The monoisotopic (exact) mass is 398 g/mol. The standard InChI is InChI=1S/C21H23FN4OS/c1-13(2)26(21(27)20-17-11-23-9-8-18(17)24-25-20)12-16-6-7-19(28-16)14-4-3-5-15(22)10-14/h3-7,10,13,23H,8-9,11-12H2,1-2H3,(H,24,25). The van der Waals surface area contributed by atoms with Crippen LogP contribution in [0.5, 0.6) is 0 Å². The second-order valence-electron chi connectivity index (χ2n) is 7.26. The van der Waals surface area contributed by atoms with E-state index in [0.29, 0.717) is 18.8 Å². The first-order valence-electron chi connectivity index (χ1n) is 9.45. The van der Waals surface area contributed by atoms with Gasteiger partial charge in [0.1, 0.15) is 5.82 Å². The summed E-state index contributed by atoms with van der Waals surface area (Å²) >= 11 is 1.58. The molecule has 0 aliphatic carbocycles. The Kier molecular flexibility index (Phi) is 5.28. The zero-order valence-electron chi connectivity index (χ0n) is 16.0. The fraction of sp³-hybridized carbons (Fsp3) is 0.333. The number of nitrogens with one attached hydrogen (secondary N) is 2. The summed E-state index contributed by atoms with van der Waals surface area (Å²) in [6.07, 6.45) is 0.860. The molecule has 0 fully saturated rings. The number of rotatable bonds is 5. The van der Waals surface area contributed by atoms with Crippen molar-refractivity contribution >= 4 is 17.2 Å². The van der Waals surface area contributed by atoms with Crippen LogP contribution in [0.4, 0.5) is 4.39 Å². The van der Waals surface area contributed by atoms with Crippen molar-refractivity contribution in [2.24, 2.45) is 0 Å². The van der Waals surface area contributed by atoms with E-state index in [-0.39, 0.29) is 17.8 Å². The van der Waals surface area contributed by atoms with Crippen molar-refractivity contribution in [1.29, 1.82) is 0 Å². The molecule has 0 unspecified atom stereocenters. The maximum Gasteiger partial charge on any atom is 0.275 e. The molecule has 5 nitrogen and oxygen atoms in total. The summed E-state index contributed by atoms with van der Waals surface area (Å²) < 4.78 is 13.5. The average molecular weight is 399 g/mol. The first-order valence-corrected chi connectivity index (χ1v) is 10.3. The Hall–Kier alpha value is -2.51. The van der Waals surface area contributed by atoms with Gasteiger partial charge in [-0.25, -0.2) is 4.39 Å². The minimum Gasteiger partial charge on any atom is -0.330 e. The number of halogens is 1. The molecule has 0 spiro atoms. The quantitative estimate of drug-likeness (QED) is 0.684. The minimum absolute atomic E-state index is 0.0381. The van der Waals surface area contributed by atoms with Gasteiger partial charge in [0, 0.05) is 46.6 Å². The molecule has 28 heavy (non-hydrogen) atoms. The van der Waals surface area contributed by atoms with Crippen LogP contribution in [-0.4, -0.2) is 33.6 Å². The number of fused-ring (bicyclic) bond motifs is 1. The van der Waals surface area contributed by atoms with Gasteiger partial charge >= 0.3 is 0 Å². The normalized spacial score (nSPS) is 13.6. The molecule has 1 aliphatic rings. The first kappa shape index (κ1) is 18.8. The van der Waals surface area contributed by atoms with Crippen LogP contribution in [0.25, 0.3) is 10.4 Å². The van der Waals surface area contributed by atoms with Crippen LogP contribution in [0.15, 0.2) is 36.4 Å². The van der Waals surface area contributed by atoms with Gasteiger partial charge in [-0.1, -0.05) is 12.1 Å². The molecule has 2 aromatic heterocycles. The number of carbonyl (C=O) groups is 1. The van der Waals surface area contributed by atoms with Crippen molar-refractivity contribution in [3.63, 3.8) is 0 Å². The van der Waals surface area contributed by atoms with Crippen molar-refractivity contribution in [2.45, 2.75) is 39.4 Å². The zero-order valence-corrected chi connectivity index (χ0v) is 16.8. The number of benzene rings is 1. The number of hydrogen-bond acceptors (Lipinski definition) is 4. The molecule has 0 radical (unpaired) electrons. The molecule has 4 rings (SSSR count). The van der Waals surface area contributed by atoms with Crippen molar-refractivity contribution < 1.29 is 9.18 Å². The van der Waals surface area contributed by atoms with E-state index in [9.17, 15) is 9.18 Å². The third kappa shape index (κ3) is 3.72. The Bertz CT molecular complexity index is 994. The van der Waals surface area contributed by atoms with Crippen molar-refractivity contribution in [1.82, 2.24) is 20.4 Å². The van der Waals surface area contributed by atoms with Gasteiger partial charge in [-0.15, -0.1) is 11.3 Å². The van der Waals surface area contributed by atoms with Gasteiger partial charge in [0.25, 0.3) is 5.91 Å². The summed E-state index contributed by atoms with van der Waals surface area (Å²) in [6.45, 7) is 6.09. The first-order chi connectivity index (χ1) is 13.5. The predicted octanol–water partition coefficient (Wildman–Crippen LogP) is 3.97.